The Balaban J connectivity index is 2.64. The summed E-state index contributed by atoms with van der Waals surface area (Å²) in [4.78, 5) is 14.0. The van der Waals surface area contributed by atoms with Crippen LogP contribution in [0.3, 0.4) is 0 Å². The molecule has 4 heteroatoms. The molecule has 0 aliphatic carbocycles. The first kappa shape index (κ1) is 17.5. The molecule has 118 valence electrons. The normalized spacial score (nSPS) is 13.7. The second-order valence-electron chi connectivity index (χ2n) is 5.70. The number of para-hydroxylation sites is 1. The fourth-order valence-electron chi connectivity index (χ4n) is 2.68. The van der Waals surface area contributed by atoms with Crippen LogP contribution in [0.1, 0.15) is 39.2 Å². The van der Waals surface area contributed by atoms with Crippen LogP contribution in [-0.2, 0) is 4.79 Å². The average Bonchev–Trinajstić information content (AvgIpc) is 2.45. The second kappa shape index (κ2) is 8.03. The minimum absolute atomic E-state index is 0.275. The summed E-state index contributed by atoms with van der Waals surface area (Å²) in [7, 11) is 0. The van der Waals surface area contributed by atoms with Crippen LogP contribution in [0.25, 0.3) is 0 Å². The number of carbonyl (C=O) groups excluding carboxylic acids is 1. The molecule has 1 aromatic rings. The number of nitrogens with two attached hydrogens (primary N) is 1. The number of aryl methyl sites for hydroxylation is 1. The lowest BCUT2D eigenvalue weighted by atomic mass is 9.94. The van der Waals surface area contributed by atoms with Crippen molar-refractivity contribution in [1.82, 2.24) is 5.32 Å². The second-order valence-corrected chi connectivity index (χ2v) is 5.70. The van der Waals surface area contributed by atoms with E-state index < -0.39 is 5.54 Å². The van der Waals surface area contributed by atoms with E-state index in [-0.39, 0.29) is 5.91 Å². The summed E-state index contributed by atoms with van der Waals surface area (Å²) >= 11 is 0. The standard InChI is InChI=1S/C17H29N3O/c1-5-19-17(4,16(18)21)12-9-13-20(6-2)15-11-8-7-10-14(15)3/h7-8,10-11,19H,5-6,9,12-13H2,1-4H3,(H2,18,21). The van der Waals surface area contributed by atoms with Gasteiger partial charge >= 0.3 is 0 Å². The minimum Gasteiger partial charge on any atom is -0.372 e. The molecule has 0 aromatic heterocycles. The van der Waals surface area contributed by atoms with Gasteiger partial charge in [0.2, 0.25) is 5.91 Å². The van der Waals surface area contributed by atoms with Gasteiger partial charge in [-0.25, -0.2) is 0 Å². The van der Waals surface area contributed by atoms with E-state index in [1.807, 2.05) is 13.8 Å². The molecule has 0 aliphatic rings. The Labute approximate surface area is 128 Å². The number of primary amides is 1. The lowest BCUT2D eigenvalue weighted by molar-refractivity contribution is -0.124. The summed E-state index contributed by atoms with van der Waals surface area (Å²) in [6.45, 7) is 10.8. The van der Waals surface area contributed by atoms with E-state index in [0.29, 0.717) is 0 Å². The molecular formula is C17H29N3O. The van der Waals surface area contributed by atoms with Gasteiger partial charge in [-0.3, -0.25) is 4.79 Å². The van der Waals surface area contributed by atoms with Crippen molar-refractivity contribution in [3.05, 3.63) is 29.8 Å². The maximum Gasteiger partial charge on any atom is 0.237 e. The fraction of sp³-hybridized carbons (Fsp3) is 0.588. The molecule has 0 aliphatic heterocycles. The SMILES string of the molecule is CCNC(C)(CCCN(CC)c1ccccc1C)C(N)=O. The Kier molecular flexibility index (Phi) is 6.69. The molecule has 1 aromatic carbocycles. The van der Waals surface area contributed by atoms with Gasteiger partial charge in [0.25, 0.3) is 0 Å². The molecule has 1 unspecified atom stereocenters. The number of hydrogen-bond acceptors (Lipinski definition) is 3. The van der Waals surface area contributed by atoms with Gasteiger partial charge in [-0.05, 0) is 51.8 Å². The van der Waals surface area contributed by atoms with Gasteiger partial charge in [0.05, 0.1) is 5.54 Å². The maximum absolute atomic E-state index is 11.6. The third-order valence-electron chi connectivity index (χ3n) is 4.05. The molecular weight excluding hydrogens is 262 g/mol. The van der Waals surface area contributed by atoms with Crippen molar-refractivity contribution in [1.29, 1.82) is 0 Å². The first-order valence-electron chi connectivity index (χ1n) is 7.80. The summed E-state index contributed by atoms with van der Waals surface area (Å²) in [5.74, 6) is -0.275. The molecule has 1 amide bonds. The zero-order valence-electron chi connectivity index (χ0n) is 13.8. The molecule has 21 heavy (non-hydrogen) atoms. The van der Waals surface area contributed by atoms with E-state index in [4.69, 9.17) is 5.73 Å². The molecule has 0 fully saturated rings. The van der Waals surface area contributed by atoms with Crippen molar-refractivity contribution in [2.75, 3.05) is 24.5 Å². The van der Waals surface area contributed by atoms with Crippen LogP contribution < -0.4 is 16.0 Å². The quantitative estimate of drug-likeness (QED) is 0.735. The summed E-state index contributed by atoms with van der Waals surface area (Å²) in [6, 6.07) is 8.40. The van der Waals surface area contributed by atoms with E-state index in [0.717, 1.165) is 32.5 Å². The summed E-state index contributed by atoms with van der Waals surface area (Å²) < 4.78 is 0. The Morgan fingerprint density at radius 1 is 1.33 bits per heavy atom. The van der Waals surface area contributed by atoms with Crippen LogP contribution in [0, 0.1) is 6.92 Å². The summed E-state index contributed by atoms with van der Waals surface area (Å²) in [6.07, 6.45) is 1.67. The lowest BCUT2D eigenvalue weighted by Crippen LogP contribution is -2.53. The maximum atomic E-state index is 11.6. The first-order valence-corrected chi connectivity index (χ1v) is 7.80. The van der Waals surface area contributed by atoms with Crippen LogP contribution in [0.4, 0.5) is 5.69 Å². The molecule has 0 heterocycles. The third kappa shape index (κ3) is 4.74. The molecule has 0 radical (unpaired) electrons. The van der Waals surface area contributed by atoms with Crippen molar-refractivity contribution >= 4 is 11.6 Å². The number of rotatable bonds is 9. The van der Waals surface area contributed by atoms with Crippen molar-refractivity contribution in [2.45, 2.75) is 46.1 Å². The van der Waals surface area contributed by atoms with Gasteiger partial charge in [-0.1, -0.05) is 25.1 Å². The highest BCUT2D eigenvalue weighted by atomic mass is 16.1. The smallest absolute Gasteiger partial charge is 0.237 e. The zero-order chi connectivity index (χ0) is 15.9. The van der Waals surface area contributed by atoms with Crippen molar-refractivity contribution in [3.63, 3.8) is 0 Å². The van der Waals surface area contributed by atoms with Crippen LogP contribution in [-0.4, -0.2) is 31.1 Å². The number of anilines is 1. The lowest BCUT2D eigenvalue weighted by Gasteiger charge is -2.30. The first-order chi connectivity index (χ1) is 9.94. The van der Waals surface area contributed by atoms with Crippen LogP contribution in [0.15, 0.2) is 24.3 Å². The van der Waals surface area contributed by atoms with Gasteiger partial charge in [-0.2, -0.15) is 0 Å². The molecule has 1 atom stereocenters. The van der Waals surface area contributed by atoms with Crippen LogP contribution in [0.2, 0.25) is 0 Å². The Hall–Kier alpha value is -1.55. The highest BCUT2D eigenvalue weighted by Crippen LogP contribution is 2.20. The number of carbonyl (C=O) groups is 1. The number of hydrogen-bond donors (Lipinski definition) is 2. The van der Waals surface area contributed by atoms with E-state index >= 15 is 0 Å². The van der Waals surface area contributed by atoms with Crippen LogP contribution >= 0.6 is 0 Å². The predicted octanol–water partition coefficient (Wildman–Crippen LogP) is 2.46. The number of likely N-dealkylation sites (N-methyl/N-ethyl adjacent to an activating group) is 1. The van der Waals surface area contributed by atoms with Gasteiger partial charge in [0.15, 0.2) is 0 Å². The van der Waals surface area contributed by atoms with Gasteiger partial charge in [-0.15, -0.1) is 0 Å². The van der Waals surface area contributed by atoms with E-state index in [9.17, 15) is 4.79 Å². The van der Waals surface area contributed by atoms with E-state index in [2.05, 4.69) is 48.3 Å². The largest absolute Gasteiger partial charge is 0.372 e. The number of nitrogens with one attached hydrogen (secondary N) is 1. The fourth-order valence-corrected chi connectivity index (χ4v) is 2.68. The highest BCUT2D eigenvalue weighted by Gasteiger charge is 2.29. The molecule has 0 bridgehead atoms. The number of nitrogens with zero attached hydrogens (tertiary/aromatic N) is 1. The molecule has 0 saturated carbocycles. The Bertz CT molecular complexity index is 461. The Morgan fingerprint density at radius 2 is 2.00 bits per heavy atom. The molecule has 4 nitrogen and oxygen atoms in total. The van der Waals surface area contributed by atoms with Gasteiger partial charge in [0, 0.05) is 18.8 Å². The van der Waals surface area contributed by atoms with Crippen molar-refractivity contribution < 1.29 is 4.79 Å². The van der Waals surface area contributed by atoms with E-state index in [1.165, 1.54) is 11.3 Å². The van der Waals surface area contributed by atoms with Gasteiger partial charge in [0.1, 0.15) is 0 Å². The van der Waals surface area contributed by atoms with E-state index in [1.54, 1.807) is 0 Å². The van der Waals surface area contributed by atoms with Crippen molar-refractivity contribution in [2.24, 2.45) is 5.73 Å². The molecule has 0 saturated heterocycles. The minimum atomic E-state index is -0.611. The Morgan fingerprint density at radius 3 is 2.52 bits per heavy atom. The molecule has 3 N–H and O–H groups in total. The number of amides is 1. The number of benzene rings is 1. The monoisotopic (exact) mass is 291 g/mol. The highest BCUT2D eigenvalue weighted by molar-refractivity contribution is 5.84. The van der Waals surface area contributed by atoms with Gasteiger partial charge < -0.3 is 16.0 Å². The van der Waals surface area contributed by atoms with Crippen molar-refractivity contribution in [3.8, 4) is 0 Å². The van der Waals surface area contributed by atoms with Crippen LogP contribution in [0.5, 0.6) is 0 Å². The summed E-state index contributed by atoms with van der Waals surface area (Å²) in [5, 5.41) is 3.21. The average molecular weight is 291 g/mol. The third-order valence-corrected chi connectivity index (χ3v) is 4.05. The topological polar surface area (TPSA) is 58.4 Å². The predicted molar refractivity (Wildman–Crippen MR) is 89.6 cm³/mol. The summed E-state index contributed by atoms with van der Waals surface area (Å²) in [5.41, 5.74) is 7.46. The molecule has 0 spiro atoms. The molecule has 1 rings (SSSR count). The zero-order valence-corrected chi connectivity index (χ0v) is 13.8.